The molecule has 7 aromatic rings. The number of benzene rings is 6. The topological polar surface area (TPSA) is 22.9 Å². The highest BCUT2D eigenvalue weighted by Crippen LogP contribution is 2.63. The van der Waals surface area contributed by atoms with Gasteiger partial charge in [-0.15, -0.1) is 0 Å². The second kappa shape index (κ2) is 16.1. The molecule has 0 amide bonds. The van der Waals surface area contributed by atoms with Crippen LogP contribution in [0.15, 0.2) is 108 Å². The van der Waals surface area contributed by atoms with E-state index in [0.717, 1.165) is 43.3 Å². The van der Waals surface area contributed by atoms with Crippen molar-refractivity contribution in [1.29, 1.82) is 0 Å². The number of para-hydroxylation sites is 1. The zero-order valence-electron chi connectivity index (χ0n) is 51.2. The van der Waals surface area contributed by atoms with Crippen LogP contribution < -0.4 is 31.3 Å². The molecule has 2 atom stereocenters. The van der Waals surface area contributed by atoms with Crippen LogP contribution in [-0.2, 0) is 43.3 Å². The predicted molar refractivity (Wildman–Crippen MR) is 338 cm³/mol. The molecule has 408 valence electrons. The smallest absolute Gasteiger partial charge is 0.297 e. The lowest BCUT2D eigenvalue weighted by Crippen LogP contribution is -2.61. The molecule has 1 fully saturated rings. The summed E-state index contributed by atoms with van der Waals surface area (Å²) in [5, 5.41) is 1.19. The minimum atomic E-state index is -0.157. The lowest BCUT2D eigenvalue weighted by atomic mass is 9.35. The van der Waals surface area contributed by atoms with E-state index in [9.17, 15) is 0 Å². The van der Waals surface area contributed by atoms with E-state index in [1.54, 1.807) is 0 Å². The van der Waals surface area contributed by atoms with Gasteiger partial charge in [0.05, 0.1) is 16.9 Å². The molecule has 3 aliphatic heterocycles. The molecule has 4 aliphatic carbocycles. The van der Waals surface area contributed by atoms with E-state index in [1.165, 1.54) is 138 Å². The molecule has 79 heavy (non-hydrogen) atoms. The third-order valence-electron chi connectivity index (χ3n) is 22.9. The standard InChI is InChI=1S/C74H88BN3O/c1-66(2,3)45-24-29-62-49(38-45)64-65(79-62)75-57-43-55-56(72(14,15)37-36-71(55,12)13)44-59(57)76(46-25-27-50-53(39-46)69(8,9)34-32-67(50,4)5)60-41-48(78-58-23-19-18-22-52(58)73(16)30-20-21-31-74(73,78)17)42-61(63(60)75)77(64)47-26-28-51-54(40-47)70(10,11)35-33-68(51,6)7/h18-19,22-29,38-44H,20-21,30-37H2,1-17H3. The van der Waals surface area contributed by atoms with Gasteiger partial charge in [-0.1, -0.05) is 166 Å². The molecule has 2 unspecified atom stereocenters. The fourth-order valence-corrected chi connectivity index (χ4v) is 17.2. The normalized spacial score (nSPS) is 24.9. The van der Waals surface area contributed by atoms with Crippen LogP contribution >= 0.6 is 0 Å². The highest BCUT2D eigenvalue weighted by molar-refractivity contribution is 7.00. The maximum atomic E-state index is 7.71. The maximum absolute atomic E-state index is 7.71. The van der Waals surface area contributed by atoms with Crippen LogP contribution in [0.1, 0.15) is 226 Å². The summed E-state index contributed by atoms with van der Waals surface area (Å²) in [5.41, 5.74) is 26.6. The Balaban J connectivity index is 1.16. The van der Waals surface area contributed by atoms with E-state index in [4.69, 9.17) is 4.42 Å². The molecule has 0 bridgehead atoms. The van der Waals surface area contributed by atoms with Crippen molar-refractivity contribution in [3.63, 3.8) is 0 Å². The van der Waals surface area contributed by atoms with Gasteiger partial charge in [-0.25, -0.2) is 0 Å². The number of anilines is 8. The van der Waals surface area contributed by atoms with Gasteiger partial charge in [0, 0.05) is 50.6 Å². The van der Waals surface area contributed by atoms with Gasteiger partial charge in [-0.05, 0) is 212 Å². The van der Waals surface area contributed by atoms with Gasteiger partial charge in [0.25, 0.3) is 6.71 Å². The zero-order valence-corrected chi connectivity index (χ0v) is 51.2. The summed E-state index contributed by atoms with van der Waals surface area (Å²) < 4.78 is 7.71. The average molecular weight is 1050 g/mol. The number of nitrogens with zero attached hydrogens (tertiary/aromatic N) is 3. The highest BCUT2D eigenvalue weighted by atomic mass is 16.3. The van der Waals surface area contributed by atoms with Gasteiger partial charge in [0.15, 0.2) is 0 Å². The van der Waals surface area contributed by atoms with Crippen molar-refractivity contribution in [3.05, 3.63) is 148 Å². The summed E-state index contributed by atoms with van der Waals surface area (Å²) >= 11 is 0. The van der Waals surface area contributed by atoms with Crippen molar-refractivity contribution in [1.82, 2.24) is 0 Å². The summed E-state index contributed by atoms with van der Waals surface area (Å²) in [4.78, 5) is 8.31. The summed E-state index contributed by atoms with van der Waals surface area (Å²) in [6.07, 6.45) is 11.8. The second-order valence-electron chi connectivity index (χ2n) is 31.7. The molecule has 4 nitrogen and oxygen atoms in total. The lowest BCUT2D eigenvalue weighted by molar-refractivity contribution is 0.195. The molecule has 1 saturated carbocycles. The molecule has 5 heteroatoms. The maximum Gasteiger partial charge on any atom is 0.297 e. The molecule has 0 saturated heterocycles. The van der Waals surface area contributed by atoms with Crippen molar-refractivity contribution in [2.24, 2.45) is 0 Å². The number of furan rings is 1. The van der Waals surface area contributed by atoms with Gasteiger partial charge in [-0.3, -0.25) is 0 Å². The van der Waals surface area contributed by atoms with Crippen LogP contribution in [0.2, 0.25) is 0 Å². The van der Waals surface area contributed by atoms with Crippen LogP contribution in [0.25, 0.3) is 11.0 Å². The van der Waals surface area contributed by atoms with Crippen molar-refractivity contribution >= 4 is 79.8 Å². The molecule has 7 aliphatic rings. The number of fused-ring (bicyclic) bond motifs is 12. The monoisotopic (exact) mass is 1050 g/mol. The highest BCUT2D eigenvalue weighted by Gasteiger charge is 2.59. The van der Waals surface area contributed by atoms with Gasteiger partial charge in [0.1, 0.15) is 5.58 Å². The van der Waals surface area contributed by atoms with E-state index < -0.39 is 0 Å². The molecule has 6 aromatic carbocycles. The predicted octanol–water partition coefficient (Wildman–Crippen LogP) is 18.6. The van der Waals surface area contributed by atoms with Gasteiger partial charge in [-0.2, -0.15) is 0 Å². The Hall–Kier alpha value is -5.68. The summed E-state index contributed by atoms with van der Waals surface area (Å²) in [7, 11) is 0. The fraction of sp³-hybridized carbons (Fsp3) is 0.486. The Kier molecular flexibility index (Phi) is 10.5. The Bertz CT molecular complexity index is 3760. The molecule has 4 heterocycles. The second-order valence-corrected chi connectivity index (χ2v) is 31.7. The molecule has 14 rings (SSSR count). The molecule has 0 radical (unpaired) electrons. The van der Waals surface area contributed by atoms with Gasteiger partial charge in [0.2, 0.25) is 0 Å². The molecule has 0 N–H and O–H groups in total. The van der Waals surface area contributed by atoms with Crippen LogP contribution in [0.5, 0.6) is 0 Å². The quantitative estimate of drug-likeness (QED) is 0.165. The zero-order chi connectivity index (χ0) is 55.7. The SMILES string of the molecule is CC(C)(C)c1ccc2oc3c(c2c1)N(c1ccc2c(c1)C(C)(C)CCC2(C)C)c1cc(N2c4ccccc4C4(C)CCCCC24C)cc2c1B3c1cc3c(cc1N2c1ccc2c(c1)C(C)(C)CCC2(C)C)C(C)(C)CCC3(C)C. The molecular weight excluding hydrogens is 958 g/mol. The Morgan fingerprint density at radius 1 is 0.430 bits per heavy atom. The minimum absolute atomic E-state index is 0.00599. The summed E-state index contributed by atoms with van der Waals surface area (Å²) in [6.45, 7) is 42.0. The molecular formula is C74H88BN3O. The number of hydrogen-bond donors (Lipinski definition) is 0. The Morgan fingerprint density at radius 3 is 1.52 bits per heavy atom. The third kappa shape index (κ3) is 7.05. The van der Waals surface area contributed by atoms with E-state index in [1.807, 2.05) is 0 Å². The first-order chi connectivity index (χ1) is 37.0. The van der Waals surface area contributed by atoms with E-state index in [2.05, 4.69) is 236 Å². The fourth-order valence-electron chi connectivity index (χ4n) is 17.2. The van der Waals surface area contributed by atoms with Crippen LogP contribution in [0.3, 0.4) is 0 Å². The van der Waals surface area contributed by atoms with Crippen LogP contribution in [0, 0.1) is 0 Å². The number of rotatable bonds is 3. The first-order valence-electron chi connectivity index (χ1n) is 30.7. The van der Waals surface area contributed by atoms with Crippen molar-refractivity contribution in [3.8, 4) is 0 Å². The van der Waals surface area contributed by atoms with E-state index in [-0.39, 0.29) is 55.6 Å². The Labute approximate surface area is 474 Å². The summed E-state index contributed by atoms with van der Waals surface area (Å²) in [6, 6.07) is 42.5. The third-order valence-corrected chi connectivity index (χ3v) is 22.9. The lowest BCUT2D eigenvalue weighted by Gasteiger charge is -2.51. The van der Waals surface area contributed by atoms with Crippen LogP contribution in [-0.4, -0.2) is 12.3 Å². The largest absolute Gasteiger partial charge is 0.468 e. The minimum Gasteiger partial charge on any atom is -0.468 e. The van der Waals surface area contributed by atoms with Crippen molar-refractivity contribution in [2.75, 3.05) is 14.7 Å². The van der Waals surface area contributed by atoms with Gasteiger partial charge < -0.3 is 19.1 Å². The number of hydrogen-bond acceptors (Lipinski definition) is 4. The van der Waals surface area contributed by atoms with Gasteiger partial charge >= 0.3 is 0 Å². The average Bonchev–Trinajstić information content (AvgIpc) is 2.60. The Morgan fingerprint density at radius 2 is 0.937 bits per heavy atom. The molecule has 0 spiro atoms. The first-order valence-corrected chi connectivity index (χ1v) is 30.7. The van der Waals surface area contributed by atoms with Crippen molar-refractivity contribution in [2.45, 2.75) is 231 Å². The molecule has 1 aromatic heterocycles. The summed E-state index contributed by atoms with van der Waals surface area (Å²) in [5.74, 6) is 0. The van der Waals surface area contributed by atoms with E-state index >= 15 is 0 Å². The van der Waals surface area contributed by atoms with E-state index in [0.29, 0.717) is 0 Å². The van der Waals surface area contributed by atoms with Crippen molar-refractivity contribution < 1.29 is 4.42 Å². The first kappa shape index (κ1) is 51.5. The van der Waals surface area contributed by atoms with Crippen LogP contribution in [0.4, 0.5) is 45.5 Å².